The molecule has 0 aliphatic heterocycles. The summed E-state index contributed by atoms with van der Waals surface area (Å²) in [6.07, 6.45) is 0. The maximum absolute atomic E-state index is 12.2. The minimum absolute atomic E-state index is 0.266. The minimum Gasteiger partial charge on any atom is -0.451 e. The number of amides is 1. The fourth-order valence-electron chi connectivity index (χ4n) is 2.15. The molecule has 0 atom stereocenters. The van der Waals surface area contributed by atoms with Gasteiger partial charge in [-0.3, -0.25) is 4.79 Å². The fourth-order valence-corrected chi connectivity index (χ4v) is 2.61. The molecule has 0 aliphatic carbocycles. The van der Waals surface area contributed by atoms with Crippen LogP contribution in [0.2, 0.25) is 0 Å². The van der Waals surface area contributed by atoms with Crippen molar-refractivity contribution in [2.24, 2.45) is 0 Å². The lowest BCUT2D eigenvalue weighted by molar-refractivity contribution is 0.0925. The highest BCUT2D eigenvalue weighted by Gasteiger charge is 2.15. The monoisotopic (exact) mass is 348 g/mol. The van der Waals surface area contributed by atoms with Gasteiger partial charge in [-0.1, -0.05) is 27.2 Å². The van der Waals surface area contributed by atoms with E-state index in [4.69, 9.17) is 8.94 Å². The van der Waals surface area contributed by atoms with Gasteiger partial charge in [0.1, 0.15) is 11.3 Å². The minimum atomic E-state index is -0.266. The summed E-state index contributed by atoms with van der Waals surface area (Å²) in [7, 11) is 0. The van der Waals surface area contributed by atoms with Crippen LogP contribution in [0.25, 0.3) is 11.0 Å². The van der Waals surface area contributed by atoms with Gasteiger partial charge in [0.25, 0.3) is 5.91 Å². The number of rotatable bonds is 3. The van der Waals surface area contributed by atoms with Crippen LogP contribution in [0.1, 0.15) is 27.6 Å². The molecule has 21 heavy (non-hydrogen) atoms. The average Bonchev–Trinajstić information content (AvgIpc) is 3.02. The second-order valence-electron chi connectivity index (χ2n) is 4.75. The van der Waals surface area contributed by atoms with Crippen molar-refractivity contribution in [3.8, 4) is 0 Å². The van der Waals surface area contributed by atoms with Gasteiger partial charge < -0.3 is 14.3 Å². The molecule has 3 rings (SSSR count). The molecule has 0 spiro atoms. The van der Waals surface area contributed by atoms with Gasteiger partial charge in [-0.2, -0.15) is 0 Å². The predicted octanol–water partition coefficient (Wildman–Crippen LogP) is 3.73. The van der Waals surface area contributed by atoms with Crippen molar-refractivity contribution in [3.63, 3.8) is 0 Å². The van der Waals surface area contributed by atoms with E-state index in [2.05, 4.69) is 26.4 Å². The summed E-state index contributed by atoms with van der Waals surface area (Å²) < 4.78 is 11.5. The Hall–Kier alpha value is -2.08. The number of carbonyl (C=O) groups is 1. The Labute approximate surface area is 129 Å². The number of hydrogen-bond acceptors (Lipinski definition) is 4. The molecule has 2 heterocycles. The Bertz CT molecular complexity index is 800. The van der Waals surface area contributed by atoms with E-state index in [1.807, 2.05) is 32.0 Å². The van der Waals surface area contributed by atoms with Crippen molar-refractivity contribution >= 4 is 32.8 Å². The van der Waals surface area contributed by atoms with Gasteiger partial charge in [0.05, 0.1) is 5.69 Å². The highest BCUT2D eigenvalue weighted by Crippen LogP contribution is 2.27. The maximum atomic E-state index is 12.2. The summed E-state index contributed by atoms with van der Waals surface area (Å²) in [5.41, 5.74) is 2.34. The van der Waals surface area contributed by atoms with E-state index in [1.165, 1.54) is 0 Å². The Morgan fingerprint density at radius 3 is 2.86 bits per heavy atom. The standard InChI is InChI=1S/C15H13BrN2O3/c1-8-11(9(2)21-18-8)7-17-15(19)14-6-10-12(16)4-3-5-13(10)20-14/h3-6H,7H2,1-2H3,(H,17,19). The number of carbonyl (C=O) groups excluding carboxylic acids is 1. The number of aromatic nitrogens is 1. The third-order valence-corrected chi connectivity index (χ3v) is 4.03. The SMILES string of the molecule is Cc1noc(C)c1CNC(=O)c1cc2c(Br)cccc2o1. The Balaban J connectivity index is 1.80. The van der Waals surface area contributed by atoms with E-state index in [0.29, 0.717) is 17.9 Å². The number of nitrogens with one attached hydrogen (secondary N) is 1. The number of fused-ring (bicyclic) bond motifs is 1. The van der Waals surface area contributed by atoms with E-state index in [0.717, 1.165) is 21.1 Å². The molecule has 108 valence electrons. The van der Waals surface area contributed by atoms with Crippen molar-refractivity contribution in [3.05, 3.63) is 51.5 Å². The van der Waals surface area contributed by atoms with E-state index >= 15 is 0 Å². The van der Waals surface area contributed by atoms with E-state index in [-0.39, 0.29) is 11.7 Å². The maximum Gasteiger partial charge on any atom is 0.287 e. The number of aryl methyl sites for hydroxylation is 2. The molecule has 0 bridgehead atoms. The molecule has 0 aliphatic rings. The highest BCUT2D eigenvalue weighted by atomic mass is 79.9. The Morgan fingerprint density at radius 2 is 2.19 bits per heavy atom. The van der Waals surface area contributed by atoms with Gasteiger partial charge in [-0.15, -0.1) is 0 Å². The van der Waals surface area contributed by atoms with Gasteiger partial charge in [0, 0.05) is 22.0 Å². The largest absolute Gasteiger partial charge is 0.451 e. The lowest BCUT2D eigenvalue weighted by Gasteiger charge is -2.02. The number of halogens is 1. The molecular formula is C15H13BrN2O3. The lowest BCUT2D eigenvalue weighted by Crippen LogP contribution is -2.22. The summed E-state index contributed by atoms with van der Waals surface area (Å²) >= 11 is 3.44. The summed E-state index contributed by atoms with van der Waals surface area (Å²) in [6, 6.07) is 7.32. The van der Waals surface area contributed by atoms with Crippen LogP contribution < -0.4 is 5.32 Å². The first-order valence-electron chi connectivity index (χ1n) is 6.44. The molecule has 1 amide bonds. The van der Waals surface area contributed by atoms with Crippen molar-refractivity contribution in [1.82, 2.24) is 10.5 Å². The summed E-state index contributed by atoms with van der Waals surface area (Å²) in [4.78, 5) is 12.2. The first kappa shape index (κ1) is 13.9. The van der Waals surface area contributed by atoms with E-state index in [9.17, 15) is 4.79 Å². The van der Waals surface area contributed by atoms with Crippen LogP contribution in [-0.2, 0) is 6.54 Å². The van der Waals surface area contributed by atoms with Gasteiger partial charge in [-0.05, 0) is 32.0 Å². The van der Waals surface area contributed by atoms with Crippen LogP contribution in [0.4, 0.5) is 0 Å². The zero-order chi connectivity index (χ0) is 15.0. The summed E-state index contributed by atoms with van der Waals surface area (Å²) in [6.45, 7) is 4.02. The number of furan rings is 1. The smallest absolute Gasteiger partial charge is 0.287 e. The van der Waals surface area contributed by atoms with E-state index < -0.39 is 0 Å². The Kier molecular flexibility index (Phi) is 3.55. The molecule has 1 aromatic carbocycles. The molecule has 0 saturated carbocycles. The van der Waals surface area contributed by atoms with Crippen molar-refractivity contribution in [2.45, 2.75) is 20.4 Å². The zero-order valence-electron chi connectivity index (χ0n) is 11.6. The van der Waals surface area contributed by atoms with Crippen molar-refractivity contribution in [1.29, 1.82) is 0 Å². The summed E-state index contributed by atoms with van der Waals surface area (Å²) in [5.74, 6) is 0.724. The predicted molar refractivity (Wildman–Crippen MR) is 81.1 cm³/mol. The van der Waals surface area contributed by atoms with Crippen LogP contribution in [0.5, 0.6) is 0 Å². The van der Waals surface area contributed by atoms with Gasteiger partial charge in [-0.25, -0.2) is 0 Å². The van der Waals surface area contributed by atoms with Gasteiger partial charge in [0.15, 0.2) is 5.76 Å². The molecule has 6 heteroatoms. The van der Waals surface area contributed by atoms with Crippen LogP contribution >= 0.6 is 15.9 Å². The third-order valence-electron chi connectivity index (χ3n) is 3.34. The Morgan fingerprint density at radius 1 is 1.38 bits per heavy atom. The second-order valence-corrected chi connectivity index (χ2v) is 5.60. The zero-order valence-corrected chi connectivity index (χ0v) is 13.2. The molecule has 0 fully saturated rings. The molecule has 0 unspecified atom stereocenters. The molecule has 0 saturated heterocycles. The fraction of sp³-hybridized carbons (Fsp3) is 0.200. The molecular weight excluding hydrogens is 336 g/mol. The molecule has 2 aromatic heterocycles. The molecule has 5 nitrogen and oxygen atoms in total. The highest BCUT2D eigenvalue weighted by molar-refractivity contribution is 9.10. The molecule has 3 aromatic rings. The van der Waals surface area contributed by atoms with Crippen LogP contribution in [0.3, 0.4) is 0 Å². The number of benzene rings is 1. The normalized spacial score (nSPS) is 11.0. The van der Waals surface area contributed by atoms with Gasteiger partial charge >= 0.3 is 0 Å². The van der Waals surface area contributed by atoms with Crippen molar-refractivity contribution < 1.29 is 13.7 Å². The number of hydrogen-bond donors (Lipinski definition) is 1. The first-order chi connectivity index (χ1) is 10.1. The van der Waals surface area contributed by atoms with Gasteiger partial charge in [0.2, 0.25) is 0 Å². The van der Waals surface area contributed by atoms with Crippen LogP contribution in [0.15, 0.2) is 37.7 Å². The molecule has 1 N–H and O–H groups in total. The summed E-state index contributed by atoms with van der Waals surface area (Å²) in [5, 5.41) is 7.55. The second kappa shape index (κ2) is 5.37. The van der Waals surface area contributed by atoms with Crippen LogP contribution in [0, 0.1) is 13.8 Å². The van der Waals surface area contributed by atoms with Crippen molar-refractivity contribution in [2.75, 3.05) is 0 Å². The first-order valence-corrected chi connectivity index (χ1v) is 7.23. The quantitative estimate of drug-likeness (QED) is 0.782. The number of nitrogens with zero attached hydrogens (tertiary/aromatic N) is 1. The average molecular weight is 349 g/mol. The topological polar surface area (TPSA) is 68.3 Å². The third kappa shape index (κ3) is 2.58. The van der Waals surface area contributed by atoms with E-state index in [1.54, 1.807) is 6.07 Å². The van der Waals surface area contributed by atoms with Crippen LogP contribution in [-0.4, -0.2) is 11.1 Å². The molecule has 0 radical (unpaired) electrons. The lowest BCUT2D eigenvalue weighted by atomic mass is 10.2.